The monoisotopic (exact) mass is 344 g/mol. The number of aromatic carboxylic acids is 1. The van der Waals surface area contributed by atoms with Crippen LogP contribution in [0, 0.1) is 6.92 Å². The normalized spacial score (nSPS) is 10.1. The third-order valence-electron chi connectivity index (χ3n) is 3.71. The van der Waals surface area contributed by atoms with Gasteiger partial charge in [-0.3, -0.25) is 4.98 Å². The first kappa shape index (κ1) is 17.6. The number of nitrogens with zero attached hydrogens (tertiary/aromatic N) is 1. The molecule has 6 heteroatoms. The molecule has 124 valence electrons. The lowest BCUT2D eigenvalue weighted by Crippen LogP contribution is -2.05. The van der Waals surface area contributed by atoms with Crippen LogP contribution in [0.15, 0.2) is 48.7 Å². The number of aryl methyl sites for hydroxylation is 1. The topological polar surface area (TPSA) is 71.5 Å². The van der Waals surface area contributed by atoms with Crippen molar-refractivity contribution in [2.75, 3.05) is 12.4 Å². The van der Waals surface area contributed by atoms with Crippen molar-refractivity contribution in [2.24, 2.45) is 0 Å². The van der Waals surface area contributed by atoms with Crippen LogP contribution in [-0.4, -0.2) is 23.2 Å². The van der Waals surface area contributed by atoms with Gasteiger partial charge in [0, 0.05) is 17.3 Å². The van der Waals surface area contributed by atoms with Crippen LogP contribution in [0.1, 0.15) is 15.9 Å². The summed E-state index contributed by atoms with van der Waals surface area (Å²) >= 11 is 0. The van der Waals surface area contributed by atoms with Gasteiger partial charge in [-0.1, -0.05) is 18.2 Å². The number of carboxylic acid groups (broad SMARTS) is 1. The van der Waals surface area contributed by atoms with E-state index in [9.17, 15) is 9.90 Å². The Hall–Kier alpha value is -2.79. The smallest absolute Gasteiger partial charge is 0.339 e. The summed E-state index contributed by atoms with van der Waals surface area (Å²) in [5.41, 5.74) is 3.21. The quantitative estimate of drug-likeness (QED) is 0.733. The van der Waals surface area contributed by atoms with Crippen LogP contribution < -0.4 is 10.1 Å². The van der Waals surface area contributed by atoms with Crippen LogP contribution in [0.25, 0.3) is 10.9 Å². The predicted molar refractivity (Wildman–Crippen MR) is 97.0 cm³/mol. The van der Waals surface area contributed by atoms with Gasteiger partial charge in [0.15, 0.2) is 0 Å². The molecule has 2 N–H and O–H groups in total. The molecular formula is C18H17ClN2O3. The fourth-order valence-electron chi connectivity index (χ4n) is 2.44. The molecule has 0 aliphatic carbocycles. The summed E-state index contributed by atoms with van der Waals surface area (Å²) in [6.07, 6.45) is 1.37. The number of benzene rings is 2. The summed E-state index contributed by atoms with van der Waals surface area (Å²) in [5, 5.41) is 13.4. The summed E-state index contributed by atoms with van der Waals surface area (Å²) in [5.74, 6) is -0.382. The molecule has 0 aliphatic rings. The Morgan fingerprint density at radius 2 is 1.96 bits per heavy atom. The Morgan fingerprint density at radius 3 is 2.62 bits per heavy atom. The van der Waals surface area contributed by atoms with Crippen molar-refractivity contribution >= 4 is 40.7 Å². The lowest BCUT2D eigenvalue weighted by Gasteiger charge is -2.15. The molecule has 24 heavy (non-hydrogen) atoms. The number of hydrogen-bond acceptors (Lipinski definition) is 4. The number of aromatic nitrogens is 1. The maximum atomic E-state index is 11.6. The van der Waals surface area contributed by atoms with E-state index in [-0.39, 0.29) is 18.0 Å². The van der Waals surface area contributed by atoms with Gasteiger partial charge in [-0.05, 0) is 36.8 Å². The highest BCUT2D eigenvalue weighted by molar-refractivity contribution is 6.05. The first-order valence-corrected chi connectivity index (χ1v) is 7.13. The van der Waals surface area contributed by atoms with Gasteiger partial charge >= 0.3 is 5.97 Å². The second-order valence-electron chi connectivity index (χ2n) is 5.18. The van der Waals surface area contributed by atoms with E-state index < -0.39 is 5.97 Å². The van der Waals surface area contributed by atoms with Crippen molar-refractivity contribution in [2.45, 2.75) is 6.92 Å². The number of methoxy groups -OCH3 is 1. The van der Waals surface area contributed by atoms with Crippen LogP contribution in [0.5, 0.6) is 5.75 Å². The number of rotatable bonds is 4. The number of hydrogen-bond donors (Lipinski definition) is 2. The number of fused-ring (bicyclic) bond motifs is 1. The van der Waals surface area contributed by atoms with E-state index in [4.69, 9.17) is 4.74 Å². The molecule has 1 aromatic heterocycles. The summed E-state index contributed by atoms with van der Waals surface area (Å²) in [6, 6.07) is 13.1. The highest BCUT2D eigenvalue weighted by Gasteiger charge is 2.16. The van der Waals surface area contributed by atoms with Crippen molar-refractivity contribution in [3.05, 3.63) is 59.8 Å². The Bertz CT molecular complexity index is 897. The minimum Gasteiger partial charge on any atom is -0.497 e. The summed E-state index contributed by atoms with van der Waals surface area (Å²) in [4.78, 5) is 15.8. The number of pyridine rings is 1. The van der Waals surface area contributed by atoms with E-state index in [2.05, 4.69) is 10.3 Å². The minimum atomic E-state index is -1.03. The third-order valence-corrected chi connectivity index (χ3v) is 3.71. The SMILES string of the molecule is COc1ccc2ncc(C(=O)O)c(Nc3ccccc3C)c2c1.Cl. The molecule has 0 unspecified atom stereocenters. The van der Waals surface area contributed by atoms with Crippen molar-refractivity contribution in [3.8, 4) is 5.75 Å². The Kier molecular flexibility index (Phi) is 5.26. The van der Waals surface area contributed by atoms with Crippen LogP contribution in [0.4, 0.5) is 11.4 Å². The van der Waals surface area contributed by atoms with E-state index in [1.807, 2.05) is 37.3 Å². The fourth-order valence-corrected chi connectivity index (χ4v) is 2.44. The molecule has 0 bridgehead atoms. The van der Waals surface area contributed by atoms with Gasteiger partial charge in [0.05, 0.1) is 18.3 Å². The molecule has 0 saturated heterocycles. The molecule has 0 spiro atoms. The Morgan fingerprint density at radius 1 is 1.21 bits per heavy atom. The number of anilines is 2. The third kappa shape index (κ3) is 3.26. The summed E-state index contributed by atoms with van der Waals surface area (Å²) in [7, 11) is 1.57. The van der Waals surface area contributed by atoms with Crippen LogP contribution in [0.3, 0.4) is 0 Å². The average molecular weight is 345 g/mol. The second kappa shape index (κ2) is 7.19. The average Bonchev–Trinajstić information content (AvgIpc) is 2.56. The predicted octanol–water partition coefficient (Wildman–Crippen LogP) is 4.42. The van der Waals surface area contributed by atoms with Crippen LogP contribution >= 0.6 is 12.4 Å². The zero-order chi connectivity index (χ0) is 16.4. The Labute approximate surface area is 145 Å². The highest BCUT2D eigenvalue weighted by Crippen LogP contribution is 2.32. The molecular weight excluding hydrogens is 328 g/mol. The van der Waals surface area contributed by atoms with Gasteiger partial charge in [0.1, 0.15) is 11.3 Å². The van der Waals surface area contributed by atoms with E-state index in [1.165, 1.54) is 6.20 Å². The molecule has 5 nitrogen and oxygen atoms in total. The first-order chi connectivity index (χ1) is 11.1. The number of para-hydroxylation sites is 1. The van der Waals surface area contributed by atoms with Crippen LogP contribution in [-0.2, 0) is 0 Å². The minimum absolute atomic E-state index is 0. The molecule has 0 atom stereocenters. The van der Waals surface area contributed by atoms with Gasteiger partial charge in [-0.15, -0.1) is 12.4 Å². The van der Waals surface area contributed by atoms with E-state index in [0.29, 0.717) is 22.3 Å². The summed E-state index contributed by atoms with van der Waals surface area (Å²) in [6.45, 7) is 1.97. The van der Waals surface area contributed by atoms with Gasteiger partial charge in [0.2, 0.25) is 0 Å². The molecule has 1 heterocycles. The molecule has 0 saturated carbocycles. The molecule has 0 aliphatic heterocycles. The zero-order valence-electron chi connectivity index (χ0n) is 13.2. The Balaban J connectivity index is 0.00000208. The number of carbonyl (C=O) groups is 1. The highest BCUT2D eigenvalue weighted by atomic mass is 35.5. The second-order valence-corrected chi connectivity index (χ2v) is 5.18. The first-order valence-electron chi connectivity index (χ1n) is 7.13. The maximum absolute atomic E-state index is 11.6. The number of halogens is 1. The van der Waals surface area contributed by atoms with E-state index >= 15 is 0 Å². The lowest BCUT2D eigenvalue weighted by molar-refractivity contribution is 0.0697. The zero-order valence-corrected chi connectivity index (χ0v) is 14.1. The van der Waals surface area contributed by atoms with Crippen molar-refractivity contribution in [1.82, 2.24) is 4.98 Å². The molecule has 0 amide bonds. The van der Waals surface area contributed by atoms with Gasteiger partial charge < -0.3 is 15.2 Å². The number of nitrogens with one attached hydrogen (secondary N) is 1. The molecule has 3 rings (SSSR count). The molecule has 0 radical (unpaired) electrons. The van der Waals surface area contributed by atoms with Gasteiger partial charge in [0.25, 0.3) is 0 Å². The fraction of sp³-hybridized carbons (Fsp3) is 0.111. The van der Waals surface area contributed by atoms with E-state index in [0.717, 1.165) is 11.3 Å². The van der Waals surface area contributed by atoms with Crippen molar-refractivity contribution in [1.29, 1.82) is 0 Å². The number of carboxylic acids is 1. The standard InChI is InChI=1S/C18H16N2O3.ClH/c1-11-5-3-4-6-15(11)20-17-13-9-12(23-2)7-8-16(13)19-10-14(17)18(21)22;/h3-10H,1-2H3,(H,19,20)(H,21,22);1H. The number of ether oxygens (including phenoxy) is 1. The van der Waals surface area contributed by atoms with E-state index in [1.54, 1.807) is 19.2 Å². The maximum Gasteiger partial charge on any atom is 0.339 e. The molecule has 0 fully saturated rings. The van der Waals surface area contributed by atoms with Gasteiger partial charge in [-0.25, -0.2) is 4.79 Å². The molecule has 3 aromatic rings. The summed E-state index contributed by atoms with van der Waals surface area (Å²) < 4.78 is 5.25. The van der Waals surface area contributed by atoms with Crippen LogP contribution in [0.2, 0.25) is 0 Å². The van der Waals surface area contributed by atoms with Gasteiger partial charge in [-0.2, -0.15) is 0 Å². The van der Waals surface area contributed by atoms with Crippen molar-refractivity contribution < 1.29 is 14.6 Å². The van der Waals surface area contributed by atoms with Crippen molar-refractivity contribution in [3.63, 3.8) is 0 Å². The molecule has 2 aromatic carbocycles. The lowest BCUT2D eigenvalue weighted by atomic mass is 10.1. The largest absolute Gasteiger partial charge is 0.497 e.